The van der Waals surface area contributed by atoms with Crippen LogP contribution in [0, 0.1) is 17.9 Å². The van der Waals surface area contributed by atoms with E-state index in [9.17, 15) is 40.7 Å². The molecule has 244 valence electrons. The number of aryl methyl sites for hydroxylation is 1. The van der Waals surface area contributed by atoms with Crippen molar-refractivity contribution in [3.05, 3.63) is 92.8 Å². The van der Waals surface area contributed by atoms with Crippen LogP contribution in [0.5, 0.6) is 0 Å². The summed E-state index contributed by atoms with van der Waals surface area (Å²) in [6.07, 6.45) is -9.99. The third-order valence-corrected chi connectivity index (χ3v) is 8.10. The third kappa shape index (κ3) is 7.20. The molecule has 3 aliphatic heterocycles. The van der Waals surface area contributed by atoms with Crippen LogP contribution in [0.25, 0.3) is 5.70 Å². The van der Waals surface area contributed by atoms with Crippen LogP contribution in [-0.2, 0) is 28.3 Å². The predicted molar refractivity (Wildman–Crippen MR) is 150 cm³/mol. The summed E-state index contributed by atoms with van der Waals surface area (Å²) in [5, 5.41) is 21.0. The number of hydrogen-bond donors (Lipinski definition) is 2. The van der Waals surface area contributed by atoms with Crippen LogP contribution in [0.4, 0.5) is 30.7 Å². The molecule has 1 amide bonds. The highest BCUT2D eigenvalue weighted by Crippen LogP contribution is 2.38. The zero-order valence-electron chi connectivity index (χ0n) is 24.4. The molecule has 2 atom stereocenters. The molecule has 45 heavy (non-hydrogen) atoms. The first-order chi connectivity index (χ1) is 21.1. The molecule has 2 unspecified atom stereocenters. The van der Waals surface area contributed by atoms with Crippen molar-refractivity contribution >= 4 is 11.6 Å². The van der Waals surface area contributed by atoms with Crippen molar-refractivity contribution in [2.45, 2.75) is 44.9 Å². The topological polar surface area (TPSA) is 83.1 Å². The number of carbonyl (C=O) groups is 1. The number of nitrogens with one attached hydrogen (secondary N) is 2. The third-order valence-electron chi connectivity index (χ3n) is 8.10. The van der Waals surface area contributed by atoms with E-state index in [0.29, 0.717) is 60.1 Å². The van der Waals surface area contributed by atoms with Gasteiger partial charge in [0.05, 0.1) is 17.8 Å². The van der Waals surface area contributed by atoms with Gasteiger partial charge in [-0.15, -0.1) is 0 Å². The number of hydrogen-bond acceptors (Lipinski definition) is 7. The number of rotatable bonds is 4. The molecule has 0 saturated carbocycles. The lowest BCUT2D eigenvalue weighted by Gasteiger charge is -2.47. The first-order valence-electron chi connectivity index (χ1n) is 14.2. The fourth-order valence-corrected chi connectivity index (χ4v) is 5.75. The lowest BCUT2D eigenvalue weighted by Crippen LogP contribution is -2.54. The van der Waals surface area contributed by atoms with E-state index in [1.165, 1.54) is 25.1 Å². The molecule has 0 spiro atoms. The molecule has 8 nitrogen and oxygen atoms in total. The minimum Gasteiger partial charge on any atom is -0.758 e. The molecule has 0 aliphatic carbocycles. The molecule has 5 rings (SSSR count). The Morgan fingerprint density at radius 2 is 1.64 bits per heavy atom. The maximum Gasteiger partial charge on any atom is 0.416 e. The van der Waals surface area contributed by atoms with Crippen LogP contribution in [0.3, 0.4) is 0 Å². The predicted octanol–water partition coefficient (Wildman–Crippen LogP) is 4.81. The van der Waals surface area contributed by atoms with Gasteiger partial charge in [-0.2, -0.15) is 26.3 Å². The van der Waals surface area contributed by atoms with E-state index >= 15 is 0 Å². The number of halogens is 7. The van der Waals surface area contributed by atoms with Gasteiger partial charge in [0.15, 0.2) is 12.1 Å². The van der Waals surface area contributed by atoms with E-state index in [0.717, 1.165) is 6.07 Å². The first-order valence-corrected chi connectivity index (χ1v) is 14.2. The summed E-state index contributed by atoms with van der Waals surface area (Å²) >= 11 is 0. The second-order valence-corrected chi connectivity index (χ2v) is 11.2. The zero-order valence-corrected chi connectivity index (χ0v) is 24.4. The number of ether oxygens (including phenoxy) is 1. The molecule has 1 saturated heterocycles. The molecule has 1 fully saturated rings. The number of nitrogens with zero attached hydrogens (tertiary/aromatic N) is 3. The van der Waals surface area contributed by atoms with Gasteiger partial charge in [-0.25, -0.2) is 4.39 Å². The average molecular weight is 643 g/mol. The number of benzene rings is 2. The number of amides is 1. The minimum atomic E-state index is -5.06. The van der Waals surface area contributed by atoms with Crippen molar-refractivity contribution in [1.29, 1.82) is 0 Å². The Balaban J connectivity index is 1.61. The van der Waals surface area contributed by atoms with Crippen LogP contribution in [0.1, 0.15) is 34.7 Å². The molecular weight excluding hydrogens is 611 g/mol. The number of piperazine rings is 1. The largest absolute Gasteiger partial charge is 0.758 e. The van der Waals surface area contributed by atoms with Crippen molar-refractivity contribution in [3.8, 4) is 0 Å². The van der Waals surface area contributed by atoms with E-state index in [-0.39, 0.29) is 42.3 Å². The fourth-order valence-electron chi connectivity index (χ4n) is 5.75. The molecule has 2 N–H and O–H groups in total. The number of alkyl halides is 6. The standard InChI is InChI=1S/C30H31F7N5O3/c1-17-9-22(31)3-4-23(17)26-14-27(41-7-5-40(6-8-41)18(2)43)45-28-24(15-38-16-39-28)25(42(26)44)12-19-10-20(29(32,33)34)13-21(11-19)30(35,36)37/h3-4,9-11,13-14,25,27,38-39H,5-8,12,15-16H2,1-2H3/q-1/b26-14-. The Bertz CT molecular complexity index is 1470. The van der Waals surface area contributed by atoms with Crippen molar-refractivity contribution in [3.63, 3.8) is 0 Å². The fraction of sp³-hybridized carbons (Fsp3) is 0.433. The second kappa shape index (κ2) is 12.5. The average Bonchev–Trinajstić information content (AvgIpc) is 2.97. The van der Waals surface area contributed by atoms with Crippen LogP contribution < -0.4 is 10.6 Å². The van der Waals surface area contributed by atoms with Gasteiger partial charge in [0.2, 0.25) is 5.91 Å². The van der Waals surface area contributed by atoms with E-state index in [1.54, 1.807) is 11.8 Å². The van der Waals surface area contributed by atoms with E-state index in [2.05, 4.69) is 10.6 Å². The molecule has 3 heterocycles. The molecule has 15 heteroatoms. The Morgan fingerprint density at radius 1 is 1.00 bits per heavy atom. The molecule has 3 aliphatic rings. The summed E-state index contributed by atoms with van der Waals surface area (Å²) < 4.78 is 103. The summed E-state index contributed by atoms with van der Waals surface area (Å²) in [5.74, 6) is -0.472. The highest BCUT2D eigenvalue weighted by molar-refractivity contribution is 5.73. The van der Waals surface area contributed by atoms with Crippen molar-refractivity contribution < 1.29 is 40.3 Å². The monoisotopic (exact) mass is 642 g/mol. The summed E-state index contributed by atoms with van der Waals surface area (Å²) in [5.41, 5.74) is -2.33. The molecule has 0 bridgehead atoms. The highest BCUT2D eigenvalue weighted by Gasteiger charge is 2.38. The van der Waals surface area contributed by atoms with Gasteiger partial charge < -0.3 is 25.2 Å². The van der Waals surface area contributed by atoms with Crippen LogP contribution in [0.15, 0.2) is 53.9 Å². The smallest absolute Gasteiger partial charge is 0.416 e. The van der Waals surface area contributed by atoms with Crippen molar-refractivity contribution in [1.82, 2.24) is 25.5 Å². The van der Waals surface area contributed by atoms with Gasteiger partial charge in [-0.05, 0) is 66.9 Å². The quantitative estimate of drug-likeness (QED) is 0.464. The Labute approximate surface area is 254 Å². The second-order valence-electron chi connectivity index (χ2n) is 11.2. The molecular formula is C30H31F7N5O3-. The highest BCUT2D eigenvalue weighted by atomic mass is 19.4. The molecule has 0 aromatic heterocycles. The van der Waals surface area contributed by atoms with Gasteiger partial charge in [0.1, 0.15) is 5.82 Å². The zero-order chi connectivity index (χ0) is 32.7. The van der Waals surface area contributed by atoms with Crippen LogP contribution in [-0.4, -0.2) is 72.4 Å². The lowest BCUT2D eigenvalue weighted by atomic mass is 9.93. The van der Waals surface area contributed by atoms with E-state index in [1.807, 2.05) is 4.90 Å². The molecule has 2 aromatic carbocycles. The number of hydroxylamine groups is 2. The lowest BCUT2D eigenvalue weighted by molar-refractivity contribution is -0.143. The maximum atomic E-state index is 14.4. The van der Waals surface area contributed by atoms with Crippen LogP contribution >= 0.6 is 0 Å². The molecule has 0 radical (unpaired) electrons. The summed E-state index contributed by atoms with van der Waals surface area (Å²) in [4.78, 5) is 15.5. The van der Waals surface area contributed by atoms with E-state index in [4.69, 9.17) is 4.74 Å². The van der Waals surface area contributed by atoms with Gasteiger partial charge in [-0.3, -0.25) is 15.0 Å². The Hall–Kier alpha value is -3.82. The summed E-state index contributed by atoms with van der Waals surface area (Å²) in [6.45, 7) is 4.91. The molecule has 2 aromatic rings. The van der Waals surface area contributed by atoms with Crippen molar-refractivity contribution in [2.24, 2.45) is 0 Å². The number of carbonyl (C=O) groups excluding carboxylic acids is 1. The van der Waals surface area contributed by atoms with Crippen molar-refractivity contribution in [2.75, 3.05) is 39.4 Å². The Morgan fingerprint density at radius 3 is 2.22 bits per heavy atom. The van der Waals surface area contributed by atoms with Crippen LogP contribution in [0.2, 0.25) is 0 Å². The normalized spacial score (nSPS) is 22.9. The van der Waals surface area contributed by atoms with Gasteiger partial charge in [-0.1, -0.05) is 0 Å². The first kappa shape index (κ1) is 32.6. The van der Waals surface area contributed by atoms with Gasteiger partial charge in [0, 0.05) is 62.5 Å². The summed E-state index contributed by atoms with van der Waals surface area (Å²) in [6, 6.07) is 3.71. The minimum absolute atomic E-state index is 0.0108. The maximum absolute atomic E-state index is 14.4. The van der Waals surface area contributed by atoms with E-state index < -0.39 is 48.0 Å². The van der Waals surface area contributed by atoms with Gasteiger partial charge >= 0.3 is 12.4 Å². The Kier molecular flexibility index (Phi) is 9.06. The van der Waals surface area contributed by atoms with Gasteiger partial charge in [0.25, 0.3) is 0 Å². The SMILES string of the molecule is CC(=O)N1CCN(C2/C=C(/c3ccc(F)cc3C)N([O-])C(Cc3cc(C(F)(F)F)cc(C(F)(F)F)c3)C3=C(NCNC3)O2)CC1. The summed E-state index contributed by atoms with van der Waals surface area (Å²) in [7, 11) is 0.